The molecule has 0 unspecified atom stereocenters. The van der Waals surface area contributed by atoms with Crippen LogP contribution in [0.15, 0.2) is 67.8 Å². The van der Waals surface area contributed by atoms with Crippen molar-refractivity contribution in [2.75, 3.05) is 41.7 Å². The number of ether oxygens (including phenoxy) is 1. The maximum absolute atomic E-state index is 12.8. The van der Waals surface area contributed by atoms with Gasteiger partial charge in [0, 0.05) is 74.5 Å². The van der Waals surface area contributed by atoms with Gasteiger partial charge < -0.3 is 25.2 Å². The van der Waals surface area contributed by atoms with Gasteiger partial charge in [0.05, 0.1) is 17.5 Å². The van der Waals surface area contributed by atoms with E-state index < -0.39 is 5.60 Å². The third-order valence-electron chi connectivity index (χ3n) is 6.02. The van der Waals surface area contributed by atoms with Gasteiger partial charge >= 0.3 is 6.09 Å². The van der Waals surface area contributed by atoms with Crippen molar-refractivity contribution in [2.24, 2.45) is 0 Å². The summed E-state index contributed by atoms with van der Waals surface area (Å²) >= 11 is 0. The molecule has 5 heterocycles. The van der Waals surface area contributed by atoms with Gasteiger partial charge in [0.25, 0.3) is 5.91 Å². The van der Waals surface area contributed by atoms with Crippen LogP contribution in [-0.4, -0.2) is 78.6 Å². The van der Waals surface area contributed by atoms with Gasteiger partial charge in [-0.15, -0.1) is 0 Å². The molecule has 5 rings (SSSR count). The van der Waals surface area contributed by atoms with Crippen molar-refractivity contribution in [3.8, 4) is 11.3 Å². The van der Waals surface area contributed by atoms with Crippen LogP contribution in [0.5, 0.6) is 0 Å². The molecule has 4 aromatic rings. The molecule has 0 bridgehead atoms. The first-order valence-corrected chi connectivity index (χ1v) is 13.0. The smallest absolute Gasteiger partial charge is 0.410 e. The van der Waals surface area contributed by atoms with Crippen LogP contribution in [0.3, 0.4) is 0 Å². The van der Waals surface area contributed by atoms with E-state index in [4.69, 9.17) is 9.72 Å². The van der Waals surface area contributed by atoms with Gasteiger partial charge in [0.2, 0.25) is 0 Å². The van der Waals surface area contributed by atoms with E-state index in [1.165, 1.54) is 18.7 Å². The zero-order chi connectivity index (χ0) is 28.8. The highest BCUT2D eigenvalue weighted by atomic mass is 16.6. The Kier molecular flexibility index (Phi) is 7.94. The zero-order valence-electron chi connectivity index (χ0n) is 23.0. The van der Waals surface area contributed by atoms with Gasteiger partial charge in [-0.1, -0.05) is 0 Å². The lowest BCUT2D eigenvalue weighted by atomic mass is 10.1. The predicted molar refractivity (Wildman–Crippen MR) is 153 cm³/mol. The summed E-state index contributed by atoms with van der Waals surface area (Å²) in [5.41, 5.74) is 1.70. The summed E-state index contributed by atoms with van der Waals surface area (Å²) in [5, 5.41) is 6.03. The number of hydrogen-bond donors (Lipinski definition) is 2. The number of carbonyl (C=O) groups is 2. The molecule has 0 saturated carbocycles. The Hall–Kier alpha value is -5.20. The highest BCUT2D eigenvalue weighted by molar-refractivity contribution is 6.04. The number of nitrogens with one attached hydrogen (secondary N) is 2. The average molecular weight is 555 g/mol. The Morgan fingerprint density at radius 3 is 2.37 bits per heavy atom. The Balaban J connectivity index is 1.38. The summed E-state index contributed by atoms with van der Waals surface area (Å²) in [7, 11) is 0. The number of hydrogen-bond acceptors (Lipinski definition) is 11. The van der Waals surface area contributed by atoms with Crippen LogP contribution in [0.2, 0.25) is 0 Å². The minimum absolute atomic E-state index is 0.313. The number of nitrogens with zero attached hydrogens (tertiary/aromatic N) is 8. The van der Waals surface area contributed by atoms with Crippen molar-refractivity contribution in [3.05, 3.63) is 73.3 Å². The number of amides is 2. The van der Waals surface area contributed by atoms with Crippen LogP contribution in [0.25, 0.3) is 11.3 Å². The molecule has 4 aromatic heterocycles. The lowest BCUT2D eigenvalue weighted by Gasteiger charge is -2.36. The minimum atomic E-state index is -0.541. The highest BCUT2D eigenvalue weighted by Crippen LogP contribution is 2.28. The summed E-state index contributed by atoms with van der Waals surface area (Å²) in [6, 6.07) is 7.28. The van der Waals surface area contributed by atoms with Gasteiger partial charge in [-0.2, -0.15) is 0 Å². The summed E-state index contributed by atoms with van der Waals surface area (Å²) < 4.78 is 5.51. The highest BCUT2D eigenvalue weighted by Gasteiger charge is 2.26. The maximum atomic E-state index is 12.8. The number of piperazine rings is 1. The number of carbonyl (C=O) groups excluding carboxylic acids is 2. The van der Waals surface area contributed by atoms with Crippen LogP contribution < -0.4 is 15.5 Å². The van der Waals surface area contributed by atoms with Crippen LogP contribution in [0.1, 0.15) is 31.1 Å². The summed E-state index contributed by atoms with van der Waals surface area (Å²) in [4.78, 5) is 54.6. The van der Waals surface area contributed by atoms with Crippen molar-refractivity contribution in [1.29, 1.82) is 0 Å². The lowest BCUT2D eigenvalue weighted by molar-refractivity contribution is 0.0240. The SMILES string of the molecule is CC(C)(C)OC(=O)N1CCN(c2cc(-c3cc(NC(=O)c4cncnc4)cc(Nc4cnccn4)n3)ccn2)CC1. The third kappa shape index (κ3) is 7.26. The van der Waals surface area contributed by atoms with Crippen molar-refractivity contribution in [1.82, 2.24) is 34.8 Å². The second-order valence-corrected chi connectivity index (χ2v) is 10.3. The van der Waals surface area contributed by atoms with Crippen molar-refractivity contribution >= 4 is 35.1 Å². The van der Waals surface area contributed by atoms with Crippen LogP contribution >= 0.6 is 0 Å². The molecule has 1 aliphatic rings. The van der Waals surface area contributed by atoms with E-state index in [2.05, 4.69) is 40.5 Å². The molecule has 1 aliphatic heterocycles. The molecule has 2 N–H and O–H groups in total. The first kappa shape index (κ1) is 27.4. The largest absolute Gasteiger partial charge is 0.444 e. The third-order valence-corrected chi connectivity index (χ3v) is 6.02. The molecule has 2 amide bonds. The van der Waals surface area contributed by atoms with Gasteiger partial charge in [0.1, 0.15) is 29.4 Å². The van der Waals surface area contributed by atoms with E-state index in [1.807, 2.05) is 32.9 Å². The normalized spacial score (nSPS) is 13.4. The van der Waals surface area contributed by atoms with Crippen LogP contribution in [-0.2, 0) is 4.74 Å². The molecule has 1 saturated heterocycles. The van der Waals surface area contributed by atoms with Crippen molar-refractivity contribution < 1.29 is 14.3 Å². The summed E-state index contributed by atoms with van der Waals surface area (Å²) in [6.45, 7) is 7.83. The fraction of sp³-hybridized carbons (Fsp3) is 0.286. The quantitative estimate of drug-likeness (QED) is 0.358. The molecular formula is C28H30N10O3. The zero-order valence-corrected chi connectivity index (χ0v) is 23.0. The van der Waals surface area contributed by atoms with E-state index in [9.17, 15) is 9.59 Å². The number of pyridine rings is 2. The first-order valence-electron chi connectivity index (χ1n) is 13.0. The monoisotopic (exact) mass is 554 g/mol. The van der Waals surface area contributed by atoms with E-state index in [1.54, 1.807) is 41.8 Å². The molecule has 0 aliphatic carbocycles. The van der Waals surface area contributed by atoms with Gasteiger partial charge in [-0.3, -0.25) is 9.78 Å². The van der Waals surface area contributed by atoms with Crippen LogP contribution in [0.4, 0.5) is 27.9 Å². The molecule has 41 heavy (non-hydrogen) atoms. The number of aromatic nitrogens is 6. The molecule has 0 spiro atoms. The molecule has 13 nitrogen and oxygen atoms in total. The molecule has 1 fully saturated rings. The molecule has 0 radical (unpaired) electrons. The number of anilines is 4. The predicted octanol–water partition coefficient (Wildman–Crippen LogP) is 3.78. The molecule has 210 valence electrons. The van der Waals surface area contributed by atoms with Gasteiger partial charge in [-0.05, 0) is 39.0 Å². The van der Waals surface area contributed by atoms with Crippen molar-refractivity contribution in [3.63, 3.8) is 0 Å². The Labute approximate surface area is 237 Å². The second-order valence-electron chi connectivity index (χ2n) is 10.3. The lowest BCUT2D eigenvalue weighted by Crippen LogP contribution is -2.50. The molecule has 13 heteroatoms. The fourth-order valence-electron chi connectivity index (χ4n) is 4.12. The van der Waals surface area contributed by atoms with Crippen molar-refractivity contribution in [2.45, 2.75) is 26.4 Å². The molecule has 0 atom stereocenters. The molecule has 0 aromatic carbocycles. The van der Waals surface area contributed by atoms with E-state index in [0.717, 1.165) is 11.4 Å². The van der Waals surface area contributed by atoms with Gasteiger partial charge in [0.15, 0.2) is 0 Å². The maximum Gasteiger partial charge on any atom is 0.410 e. The van der Waals surface area contributed by atoms with Gasteiger partial charge in [-0.25, -0.2) is 29.7 Å². The second kappa shape index (κ2) is 11.9. The number of rotatable bonds is 6. The Morgan fingerprint density at radius 2 is 1.66 bits per heavy atom. The standard InChI is InChI=1S/C28H30N10O3/c1-28(2,3)41-27(40)38-10-8-37(9-11-38)25-12-19(4-5-33-25)22-13-21(34-26(39)20-15-30-18-31-16-20)14-23(35-22)36-24-17-29-6-7-32-24/h4-7,12-18H,8-11H2,1-3H3,(H2,32,34,35,36,39). The van der Waals surface area contributed by atoms with E-state index >= 15 is 0 Å². The minimum Gasteiger partial charge on any atom is -0.444 e. The Morgan fingerprint density at radius 1 is 0.878 bits per heavy atom. The summed E-state index contributed by atoms with van der Waals surface area (Å²) in [6.07, 6.45) is 10.4. The topological polar surface area (TPSA) is 151 Å². The summed E-state index contributed by atoms with van der Waals surface area (Å²) in [5.74, 6) is 1.37. The first-order chi connectivity index (χ1) is 19.7. The van der Waals surface area contributed by atoms with E-state index in [-0.39, 0.29) is 12.0 Å². The van der Waals surface area contributed by atoms with E-state index in [0.29, 0.717) is 54.8 Å². The fourth-order valence-corrected chi connectivity index (χ4v) is 4.12. The molecular weight excluding hydrogens is 524 g/mol. The Bertz CT molecular complexity index is 1500. The van der Waals surface area contributed by atoms with Crippen LogP contribution in [0, 0.1) is 0 Å². The average Bonchev–Trinajstić information content (AvgIpc) is 2.97.